The Bertz CT molecular complexity index is 391. The Balaban J connectivity index is 1.83. The first-order valence-corrected chi connectivity index (χ1v) is 8.18. The summed E-state index contributed by atoms with van der Waals surface area (Å²) >= 11 is 0. The summed E-state index contributed by atoms with van der Waals surface area (Å²) in [5.74, 6) is 0.574. The van der Waals surface area contributed by atoms with Crippen LogP contribution in [-0.2, 0) is 9.59 Å². The van der Waals surface area contributed by atoms with Crippen molar-refractivity contribution in [1.29, 1.82) is 0 Å². The molecule has 1 aliphatic heterocycles. The molecule has 1 heterocycles. The monoisotopic (exact) mass is 295 g/mol. The van der Waals surface area contributed by atoms with Crippen LogP contribution in [0.3, 0.4) is 0 Å². The molecular formula is C16H29N3O2. The lowest BCUT2D eigenvalue weighted by Crippen LogP contribution is -2.48. The molecule has 0 aromatic heterocycles. The van der Waals surface area contributed by atoms with Crippen molar-refractivity contribution in [1.82, 2.24) is 15.1 Å². The largest absolute Gasteiger partial charge is 0.355 e. The van der Waals surface area contributed by atoms with Crippen LogP contribution in [-0.4, -0.2) is 61.9 Å². The predicted molar refractivity (Wildman–Crippen MR) is 82.8 cm³/mol. The number of hydrogen-bond acceptors (Lipinski definition) is 3. The molecule has 120 valence electrons. The third-order valence-electron chi connectivity index (χ3n) is 4.61. The van der Waals surface area contributed by atoms with E-state index in [2.05, 4.69) is 17.1 Å². The van der Waals surface area contributed by atoms with Crippen molar-refractivity contribution in [2.24, 2.45) is 11.3 Å². The quantitative estimate of drug-likeness (QED) is 0.589. The molecule has 0 aromatic rings. The lowest BCUT2D eigenvalue weighted by molar-refractivity contribution is -0.145. The molecule has 5 nitrogen and oxygen atoms in total. The lowest BCUT2D eigenvalue weighted by Gasteiger charge is -2.33. The van der Waals surface area contributed by atoms with E-state index in [0.717, 1.165) is 45.3 Å². The number of nitrogens with zero attached hydrogens (tertiary/aromatic N) is 2. The van der Waals surface area contributed by atoms with Gasteiger partial charge in [0, 0.05) is 19.6 Å². The zero-order chi connectivity index (χ0) is 15.5. The van der Waals surface area contributed by atoms with E-state index < -0.39 is 5.41 Å². The highest BCUT2D eigenvalue weighted by molar-refractivity contribution is 6.07. The minimum absolute atomic E-state index is 0.0514. The Labute approximate surface area is 128 Å². The average molecular weight is 295 g/mol. The molecule has 2 amide bonds. The molecule has 1 unspecified atom stereocenters. The predicted octanol–water partition coefficient (Wildman–Crippen LogP) is 1.09. The molecular weight excluding hydrogens is 266 g/mol. The highest BCUT2D eigenvalue weighted by Crippen LogP contribution is 2.48. The maximum atomic E-state index is 12.7. The Morgan fingerprint density at radius 2 is 2.05 bits per heavy atom. The number of likely N-dealkylation sites (tertiary alicyclic amines) is 1. The van der Waals surface area contributed by atoms with Crippen molar-refractivity contribution >= 4 is 11.8 Å². The van der Waals surface area contributed by atoms with Crippen LogP contribution in [0.25, 0.3) is 0 Å². The molecule has 2 aliphatic rings. The van der Waals surface area contributed by atoms with Gasteiger partial charge < -0.3 is 15.1 Å². The van der Waals surface area contributed by atoms with Gasteiger partial charge in [-0.15, -0.1) is 0 Å². The molecule has 1 N–H and O–H groups in total. The Kier molecular flexibility index (Phi) is 5.25. The average Bonchev–Trinajstić information content (AvgIpc) is 3.24. The van der Waals surface area contributed by atoms with Crippen molar-refractivity contribution in [2.75, 3.05) is 40.3 Å². The molecule has 21 heavy (non-hydrogen) atoms. The minimum atomic E-state index is -0.727. The Hall–Kier alpha value is -1.10. The van der Waals surface area contributed by atoms with Crippen molar-refractivity contribution in [2.45, 2.75) is 39.0 Å². The maximum absolute atomic E-state index is 12.7. The first-order valence-electron chi connectivity index (χ1n) is 8.18. The van der Waals surface area contributed by atoms with Crippen LogP contribution in [0.4, 0.5) is 0 Å². The summed E-state index contributed by atoms with van der Waals surface area (Å²) in [5.41, 5.74) is -0.727. The van der Waals surface area contributed by atoms with Gasteiger partial charge in [0.05, 0.1) is 0 Å². The SMILES string of the molecule is CC1CCCN(C(=O)C2(C(=O)NCCCN(C)C)CC2)C1. The van der Waals surface area contributed by atoms with Crippen molar-refractivity contribution in [3.05, 3.63) is 0 Å². The fraction of sp³-hybridized carbons (Fsp3) is 0.875. The summed E-state index contributed by atoms with van der Waals surface area (Å²) in [4.78, 5) is 29.0. The molecule has 1 saturated carbocycles. The number of rotatable bonds is 6. The second kappa shape index (κ2) is 6.77. The molecule has 2 fully saturated rings. The minimum Gasteiger partial charge on any atom is -0.355 e. The molecule has 0 spiro atoms. The normalized spacial score (nSPS) is 24.0. The second-order valence-electron chi connectivity index (χ2n) is 6.99. The van der Waals surface area contributed by atoms with E-state index in [4.69, 9.17) is 0 Å². The molecule has 1 atom stereocenters. The van der Waals surface area contributed by atoms with E-state index in [1.54, 1.807) is 0 Å². The molecule has 0 bridgehead atoms. The number of carbonyl (C=O) groups is 2. The second-order valence-corrected chi connectivity index (χ2v) is 6.99. The number of nitrogens with one attached hydrogen (secondary N) is 1. The standard InChI is InChI=1S/C16H29N3O2/c1-13-6-4-11-19(12-13)15(21)16(7-8-16)14(20)17-9-5-10-18(2)3/h13H,4-12H2,1-3H3,(H,17,20). The van der Waals surface area contributed by atoms with Gasteiger partial charge in [-0.3, -0.25) is 9.59 Å². The van der Waals surface area contributed by atoms with Crippen LogP contribution < -0.4 is 5.32 Å². The van der Waals surface area contributed by atoms with Gasteiger partial charge in [-0.1, -0.05) is 6.92 Å². The van der Waals surface area contributed by atoms with Gasteiger partial charge >= 0.3 is 0 Å². The van der Waals surface area contributed by atoms with E-state index in [-0.39, 0.29) is 11.8 Å². The molecule has 1 saturated heterocycles. The summed E-state index contributed by atoms with van der Waals surface area (Å²) in [6.45, 7) is 5.42. The lowest BCUT2D eigenvalue weighted by atomic mass is 9.97. The van der Waals surface area contributed by atoms with Gasteiger partial charge in [-0.05, 0) is 58.7 Å². The third-order valence-corrected chi connectivity index (χ3v) is 4.61. The van der Waals surface area contributed by atoms with E-state index in [9.17, 15) is 9.59 Å². The van der Waals surface area contributed by atoms with E-state index in [0.29, 0.717) is 12.5 Å². The van der Waals surface area contributed by atoms with Crippen LogP contribution in [0.15, 0.2) is 0 Å². The first-order chi connectivity index (χ1) is 9.95. The van der Waals surface area contributed by atoms with E-state index in [1.165, 1.54) is 6.42 Å². The molecule has 1 aliphatic carbocycles. The van der Waals surface area contributed by atoms with Crippen LogP contribution in [0, 0.1) is 11.3 Å². The smallest absolute Gasteiger partial charge is 0.238 e. The van der Waals surface area contributed by atoms with Crippen molar-refractivity contribution < 1.29 is 9.59 Å². The number of amides is 2. The fourth-order valence-corrected chi connectivity index (χ4v) is 3.11. The van der Waals surface area contributed by atoms with Crippen LogP contribution in [0.5, 0.6) is 0 Å². The van der Waals surface area contributed by atoms with Crippen LogP contribution >= 0.6 is 0 Å². The Morgan fingerprint density at radius 3 is 2.62 bits per heavy atom. The van der Waals surface area contributed by atoms with Gasteiger partial charge in [0.2, 0.25) is 11.8 Å². The highest BCUT2D eigenvalue weighted by atomic mass is 16.2. The van der Waals surface area contributed by atoms with E-state index in [1.807, 2.05) is 19.0 Å². The van der Waals surface area contributed by atoms with E-state index >= 15 is 0 Å². The number of hydrogen-bond donors (Lipinski definition) is 1. The summed E-state index contributed by atoms with van der Waals surface area (Å²) in [7, 11) is 4.04. The third kappa shape index (κ3) is 3.96. The molecule has 0 radical (unpaired) electrons. The number of piperidine rings is 1. The summed E-state index contributed by atoms with van der Waals surface area (Å²) in [6.07, 6.45) is 4.61. The van der Waals surface area contributed by atoms with Crippen molar-refractivity contribution in [3.8, 4) is 0 Å². The topological polar surface area (TPSA) is 52.7 Å². The maximum Gasteiger partial charge on any atom is 0.238 e. The van der Waals surface area contributed by atoms with Gasteiger partial charge in [-0.2, -0.15) is 0 Å². The van der Waals surface area contributed by atoms with Crippen LogP contribution in [0.2, 0.25) is 0 Å². The summed E-state index contributed by atoms with van der Waals surface area (Å²) in [5, 5.41) is 2.96. The number of carbonyl (C=O) groups excluding carboxylic acids is 2. The summed E-state index contributed by atoms with van der Waals surface area (Å²) < 4.78 is 0. The zero-order valence-corrected chi connectivity index (χ0v) is 13.7. The first kappa shape index (κ1) is 16.3. The zero-order valence-electron chi connectivity index (χ0n) is 13.7. The highest BCUT2D eigenvalue weighted by Gasteiger charge is 2.57. The fourth-order valence-electron chi connectivity index (χ4n) is 3.11. The Morgan fingerprint density at radius 1 is 1.33 bits per heavy atom. The molecule has 2 rings (SSSR count). The van der Waals surface area contributed by atoms with Gasteiger partial charge in [-0.25, -0.2) is 0 Å². The molecule has 0 aromatic carbocycles. The van der Waals surface area contributed by atoms with Crippen molar-refractivity contribution in [3.63, 3.8) is 0 Å². The van der Waals surface area contributed by atoms with Crippen LogP contribution in [0.1, 0.15) is 39.0 Å². The van der Waals surface area contributed by atoms with Gasteiger partial charge in [0.1, 0.15) is 5.41 Å². The molecule has 5 heteroatoms. The summed E-state index contributed by atoms with van der Waals surface area (Å²) in [6, 6.07) is 0. The van der Waals surface area contributed by atoms with Gasteiger partial charge in [0.25, 0.3) is 0 Å². The van der Waals surface area contributed by atoms with Gasteiger partial charge in [0.15, 0.2) is 0 Å².